The zero-order valence-electron chi connectivity index (χ0n) is 14.5. The Hall–Kier alpha value is -2.88. The first kappa shape index (κ1) is 17.0. The second-order valence-electron chi connectivity index (χ2n) is 5.97. The molecule has 1 heterocycles. The van der Waals surface area contributed by atoms with E-state index in [2.05, 4.69) is 45.9 Å². The van der Waals surface area contributed by atoms with Gasteiger partial charge in [0.15, 0.2) is 0 Å². The van der Waals surface area contributed by atoms with E-state index in [1.165, 1.54) is 5.56 Å². The second-order valence-corrected chi connectivity index (χ2v) is 5.97. The van der Waals surface area contributed by atoms with E-state index in [1.807, 2.05) is 49.1 Å². The van der Waals surface area contributed by atoms with Crippen molar-refractivity contribution in [2.24, 2.45) is 5.16 Å². The molecule has 3 aromatic rings. The van der Waals surface area contributed by atoms with Crippen molar-refractivity contribution < 1.29 is 4.84 Å². The minimum atomic E-state index is 0.327. The van der Waals surface area contributed by atoms with Crippen molar-refractivity contribution in [1.29, 1.82) is 0 Å². The largest absolute Gasteiger partial charge is 0.391 e. The third kappa shape index (κ3) is 4.80. The Morgan fingerprint density at radius 3 is 2.60 bits per heavy atom. The summed E-state index contributed by atoms with van der Waals surface area (Å²) in [7, 11) is 0. The molecule has 25 heavy (non-hydrogen) atoms. The van der Waals surface area contributed by atoms with Gasteiger partial charge in [0.1, 0.15) is 6.61 Å². The van der Waals surface area contributed by atoms with Crippen molar-refractivity contribution in [3.05, 3.63) is 90.0 Å². The molecule has 0 fully saturated rings. The molecule has 0 N–H and O–H groups in total. The lowest BCUT2D eigenvalue weighted by Gasteiger charge is -2.18. The number of aromatic nitrogens is 2. The van der Waals surface area contributed by atoms with Crippen LogP contribution in [0.5, 0.6) is 0 Å². The van der Waals surface area contributed by atoms with Gasteiger partial charge in [-0.1, -0.05) is 73.1 Å². The number of nitrogens with zero attached hydrogens (tertiary/aromatic N) is 3. The van der Waals surface area contributed by atoms with Crippen LogP contribution in [-0.4, -0.2) is 15.8 Å². The molecule has 0 aliphatic heterocycles. The summed E-state index contributed by atoms with van der Waals surface area (Å²) < 4.78 is 2.16. The number of imidazole rings is 1. The number of benzene rings is 2. The molecule has 0 aliphatic rings. The predicted molar refractivity (Wildman–Crippen MR) is 101 cm³/mol. The predicted octanol–water partition coefficient (Wildman–Crippen LogP) is 4.82. The molecule has 128 valence electrons. The molecule has 0 saturated heterocycles. The molecule has 4 nitrogen and oxygen atoms in total. The highest BCUT2D eigenvalue weighted by atomic mass is 16.6. The van der Waals surface area contributed by atoms with Crippen molar-refractivity contribution in [3.63, 3.8) is 0 Å². The number of hydrogen-bond acceptors (Lipinski definition) is 3. The Kier molecular flexibility index (Phi) is 5.99. The number of rotatable bonds is 8. The van der Waals surface area contributed by atoms with Crippen LogP contribution >= 0.6 is 0 Å². The number of hydrogen-bond donors (Lipinski definition) is 0. The van der Waals surface area contributed by atoms with E-state index < -0.39 is 0 Å². The summed E-state index contributed by atoms with van der Waals surface area (Å²) in [5.74, 6) is 0. The lowest BCUT2D eigenvalue weighted by molar-refractivity contribution is 0.132. The molecular formula is C21H23N3O. The van der Waals surface area contributed by atoms with Gasteiger partial charge >= 0.3 is 0 Å². The van der Waals surface area contributed by atoms with Gasteiger partial charge in [0.05, 0.1) is 18.6 Å². The zero-order chi connectivity index (χ0) is 17.3. The van der Waals surface area contributed by atoms with Gasteiger partial charge < -0.3 is 9.40 Å². The Morgan fingerprint density at radius 1 is 1.12 bits per heavy atom. The van der Waals surface area contributed by atoms with E-state index in [1.54, 1.807) is 6.21 Å². The van der Waals surface area contributed by atoms with Crippen LogP contribution in [0.2, 0.25) is 0 Å². The zero-order valence-corrected chi connectivity index (χ0v) is 14.5. The summed E-state index contributed by atoms with van der Waals surface area (Å²) in [6.45, 7) is 2.68. The fraction of sp³-hybridized carbons (Fsp3) is 0.238. The molecule has 1 unspecified atom stereocenters. The minimum absolute atomic E-state index is 0.327. The molecular weight excluding hydrogens is 310 g/mol. The molecule has 0 bridgehead atoms. The normalized spacial score (nSPS) is 12.4. The van der Waals surface area contributed by atoms with E-state index in [9.17, 15) is 0 Å². The first-order chi connectivity index (χ1) is 12.4. The van der Waals surface area contributed by atoms with Crippen LogP contribution in [0, 0.1) is 0 Å². The van der Waals surface area contributed by atoms with Crippen LogP contribution in [0.4, 0.5) is 0 Å². The Labute approximate surface area is 148 Å². The van der Waals surface area contributed by atoms with E-state index in [0.717, 1.165) is 24.0 Å². The Morgan fingerprint density at radius 2 is 1.92 bits per heavy atom. The maximum absolute atomic E-state index is 5.36. The fourth-order valence-electron chi connectivity index (χ4n) is 2.80. The summed E-state index contributed by atoms with van der Waals surface area (Å²) in [5.41, 5.74) is 3.41. The average Bonchev–Trinajstić information content (AvgIpc) is 3.19. The second kappa shape index (κ2) is 8.83. The van der Waals surface area contributed by atoms with E-state index in [4.69, 9.17) is 4.84 Å². The van der Waals surface area contributed by atoms with Gasteiger partial charge in [-0.2, -0.15) is 0 Å². The van der Waals surface area contributed by atoms with Gasteiger partial charge in [0.2, 0.25) is 0 Å². The Balaban J connectivity index is 1.60. The third-order valence-corrected chi connectivity index (χ3v) is 4.12. The van der Waals surface area contributed by atoms with Crippen LogP contribution in [0.15, 0.2) is 78.5 Å². The highest BCUT2D eigenvalue weighted by molar-refractivity contribution is 5.79. The summed E-state index contributed by atoms with van der Waals surface area (Å²) in [6, 6.07) is 18.8. The lowest BCUT2D eigenvalue weighted by atomic mass is 10.0. The summed E-state index contributed by atoms with van der Waals surface area (Å²) in [4.78, 5) is 9.52. The molecule has 1 aromatic heterocycles. The minimum Gasteiger partial charge on any atom is -0.391 e. The highest BCUT2D eigenvalue weighted by Crippen LogP contribution is 2.23. The van der Waals surface area contributed by atoms with Crippen molar-refractivity contribution >= 4 is 6.21 Å². The summed E-state index contributed by atoms with van der Waals surface area (Å²) in [6.07, 6.45) is 9.69. The van der Waals surface area contributed by atoms with Gasteiger partial charge in [-0.15, -0.1) is 0 Å². The van der Waals surface area contributed by atoms with Gasteiger partial charge in [0, 0.05) is 12.4 Å². The van der Waals surface area contributed by atoms with Crippen molar-refractivity contribution in [2.45, 2.75) is 32.4 Å². The van der Waals surface area contributed by atoms with Gasteiger partial charge in [-0.25, -0.2) is 4.98 Å². The van der Waals surface area contributed by atoms with Crippen LogP contribution in [0.3, 0.4) is 0 Å². The lowest BCUT2D eigenvalue weighted by Crippen LogP contribution is -2.08. The van der Waals surface area contributed by atoms with Crippen molar-refractivity contribution in [1.82, 2.24) is 9.55 Å². The topological polar surface area (TPSA) is 39.4 Å². The highest BCUT2D eigenvalue weighted by Gasteiger charge is 2.11. The third-order valence-electron chi connectivity index (χ3n) is 4.12. The molecule has 3 rings (SSSR count). The van der Waals surface area contributed by atoms with Crippen LogP contribution < -0.4 is 0 Å². The summed E-state index contributed by atoms with van der Waals surface area (Å²) >= 11 is 0. The molecule has 1 atom stereocenters. The monoisotopic (exact) mass is 333 g/mol. The average molecular weight is 333 g/mol. The molecule has 2 aromatic carbocycles. The molecule has 0 aliphatic carbocycles. The van der Waals surface area contributed by atoms with Gasteiger partial charge in [-0.05, 0) is 23.1 Å². The molecule has 0 spiro atoms. The molecule has 0 radical (unpaired) electrons. The van der Waals surface area contributed by atoms with Gasteiger partial charge in [0.25, 0.3) is 0 Å². The van der Waals surface area contributed by atoms with E-state index in [-0.39, 0.29) is 0 Å². The van der Waals surface area contributed by atoms with E-state index in [0.29, 0.717) is 12.6 Å². The molecule has 0 saturated carbocycles. The first-order valence-corrected chi connectivity index (χ1v) is 8.63. The van der Waals surface area contributed by atoms with Gasteiger partial charge in [-0.3, -0.25) is 0 Å². The van der Waals surface area contributed by atoms with Crippen molar-refractivity contribution in [2.75, 3.05) is 0 Å². The first-order valence-electron chi connectivity index (χ1n) is 8.63. The fourth-order valence-corrected chi connectivity index (χ4v) is 2.80. The van der Waals surface area contributed by atoms with Crippen LogP contribution in [0.1, 0.15) is 42.5 Å². The van der Waals surface area contributed by atoms with Crippen molar-refractivity contribution in [3.8, 4) is 0 Å². The van der Waals surface area contributed by atoms with Crippen LogP contribution in [-0.2, 0) is 11.4 Å². The SMILES string of the molecule is CCCC(c1ccc(C=NOCc2ccccc2)cc1)n1ccnc1. The van der Waals surface area contributed by atoms with Crippen LogP contribution in [0.25, 0.3) is 0 Å². The molecule has 0 amide bonds. The quantitative estimate of drug-likeness (QED) is 0.438. The maximum Gasteiger partial charge on any atom is 0.142 e. The smallest absolute Gasteiger partial charge is 0.142 e. The summed E-state index contributed by atoms with van der Waals surface area (Å²) in [5, 5.41) is 4.06. The number of oxime groups is 1. The van der Waals surface area contributed by atoms with E-state index >= 15 is 0 Å². The standard InChI is InChI=1S/C21H23N3O/c1-2-6-21(24-14-13-22-17-24)20-11-9-18(10-12-20)15-23-25-16-19-7-4-3-5-8-19/h3-5,7-15,17,21H,2,6,16H2,1H3. The molecule has 4 heteroatoms. The maximum atomic E-state index is 5.36. The Bertz CT molecular complexity index is 765.